The molecule has 2 nitrogen and oxygen atoms in total. The van der Waals surface area contributed by atoms with Gasteiger partial charge >= 0.3 is 0 Å². The number of halogens is 1. The van der Waals surface area contributed by atoms with Crippen molar-refractivity contribution in [3.05, 3.63) is 28.2 Å². The van der Waals surface area contributed by atoms with Crippen LogP contribution in [-0.2, 0) is 6.54 Å². The SMILES string of the molecule is CC1(C)CCN(Cc2cccc(Br)c2O)C1. The average Bonchev–Trinajstić information content (AvgIpc) is 2.53. The van der Waals surface area contributed by atoms with E-state index < -0.39 is 0 Å². The van der Waals surface area contributed by atoms with Crippen LogP contribution in [0.1, 0.15) is 25.8 Å². The van der Waals surface area contributed by atoms with Crippen LogP contribution >= 0.6 is 15.9 Å². The maximum absolute atomic E-state index is 9.91. The van der Waals surface area contributed by atoms with E-state index in [1.54, 1.807) is 0 Å². The minimum absolute atomic E-state index is 0.382. The molecule has 1 N–H and O–H groups in total. The summed E-state index contributed by atoms with van der Waals surface area (Å²) >= 11 is 3.35. The van der Waals surface area contributed by atoms with Gasteiger partial charge in [-0.25, -0.2) is 0 Å². The average molecular weight is 284 g/mol. The minimum Gasteiger partial charge on any atom is -0.506 e. The highest BCUT2D eigenvalue weighted by Crippen LogP contribution is 2.33. The van der Waals surface area contributed by atoms with Gasteiger partial charge in [-0.2, -0.15) is 0 Å². The normalized spacial score (nSPS) is 20.2. The van der Waals surface area contributed by atoms with Gasteiger partial charge in [0.05, 0.1) is 4.47 Å². The second kappa shape index (κ2) is 4.38. The van der Waals surface area contributed by atoms with E-state index >= 15 is 0 Å². The molecule has 0 radical (unpaired) electrons. The van der Waals surface area contributed by atoms with E-state index in [-0.39, 0.29) is 0 Å². The highest BCUT2D eigenvalue weighted by Gasteiger charge is 2.29. The molecule has 0 unspecified atom stereocenters. The molecule has 1 aromatic rings. The van der Waals surface area contributed by atoms with Gasteiger partial charge in [0.15, 0.2) is 0 Å². The van der Waals surface area contributed by atoms with Gasteiger partial charge in [-0.1, -0.05) is 26.0 Å². The van der Waals surface area contributed by atoms with Crippen LogP contribution in [0.2, 0.25) is 0 Å². The topological polar surface area (TPSA) is 23.5 Å². The van der Waals surface area contributed by atoms with Crippen molar-refractivity contribution in [3.8, 4) is 5.75 Å². The molecule has 16 heavy (non-hydrogen) atoms. The minimum atomic E-state index is 0.382. The molecule has 1 fully saturated rings. The molecule has 3 heteroatoms. The number of likely N-dealkylation sites (tertiary alicyclic amines) is 1. The van der Waals surface area contributed by atoms with E-state index in [9.17, 15) is 5.11 Å². The molecule has 0 spiro atoms. The lowest BCUT2D eigenvalue weighted by Gasteiger charge is -2.20. The molecule has 1 aliphatic heterocycles. The molecule has 88 valence electrons. The van der Waals surface area contributed by atoms with Crippen LogP contribution in [-0.4, -0.2) is 23.1 Å². The van der Waals surface area contributed by atoms with Gasteiger partial charge in [0.1, 0.15) is 5.75 Å². The van der Waals surface area contributed by atoms with Gasteiger partial charge in [-0.15, -0.1) is 0 Å². The summed E-state index contributed by atoms with van der Waals surface area (Å²) in [6, 6.07) is 5.83. The van der Waals surface area contributed by atoms with Gasteiger partial charge < -0.3 is 5.11 Å². The van der Waals surface area contributed by atoms with E-state index in [2.05, 4.69) is 34.7 Å². The smallest absolute Gasteiger partial charge is 0.134 e. The molecule has 0 amide bonds. The number of para-hydroxylation sites is 1. The number of benzene rings is 1. The molecule has 0 atom stereocenters. The fourth-order valence-corrected chi connectivity index (χ4v) is 2.69. The quantitative estimate of drug-likeness (QED) is 0.900. The van der Waals surface area contributed by atoms with Crippen molar-refractivity contribution >= 4 is 15.9 Å². The molecule has 0 aliphatic carbocycles. The molecule has 1 heterocycles. The third kappa shape index (κ3) is 2.58. The Morgan fingerprint density at radius 3 is 2.81 bits per heavy atom. The Morgan fingerprint density at radius 2 is 2.19 bits per heavy atom. The second-order valence-corrected chi connectivity index (χ2v) is 6.23. The summed E-state index contributed by atoms with van der Waals surface area (Å²) in [4.78, 5) is 2.40. The molecular formula is C13H18BrNO. The molecule has 0 bridgehead atoms. The molecule has 0 aromatic heterocycles. The van der Waals surface area contributed by atoms with Gasteiger partial charge in [-0.3, -0.25) is 4.90 Å². The van der Waals surface area contributed by atoms with E-state index in [1.165, 1.54) is 6.42 Å². The zero-order valence-electron chi connectivity index (χ0n) is 9.83. The van der Waals surface area contributed by atoms with Crippen LogP contribution in [0.3, 0.4) is 0 Å². The standard InChI is InChI=1S/C13H18BrNO/c1-13(2)6-7-15(9-13)8-10-4-3-5-11(14)12(10)16/h3-5,16H,6-9H2,1-2H3. The van der Waals surface area contributed by atoms with E-state index in [0.717, 1.165) is 29.7 Å². The molecule has 2 rings (SSSR count). The summed E-state index contributed by atoms with van der Waals surface area (Å²) in [5, 5.41) is 9.91. The lowest BCUT2D eigenvalue weighted by atomic mass is 9.93. The van der Waals surface area contributed by atoms with Crippen molar-refractivity contribution in [2.45, 2.75) is 26.8 Å². The van der Waals surface area contributed by atoms with Crippen LogP contribution in [0.5, 0.6) is 5.75 Å². The zero-order valence-corrected chi connectivity index (χ0v) is 11.4. The van der Waals surface area contributed by atoms with Crippen molar-refractivity contribution in [1.29, 1.82) is 0 Å². The van der Waals surface area contributed by atoms with E-state index in [1.807, 2.05) is 18.2 Å². The first kappa shape index (κ1) is 11.9. The lowest BCUT2D eigenvalue weighted by molar-refractivity contribution is 0.280. The Hall–Kier alpha value is -0.540. The van der Waals surface area contributed by atoms with E-state index in [0.29, 0.717) is 11.2 Å². The van der Waals surface area contributed by atoms with E-state index in [4.69, 9.17) is 0 Å². The predicted molar refractivity (Wildman–Crippen MR) is 69.5 cm³/mol. The second-order valence-electron chi connectivity index (χ2n) is 5.37. The first-order chi connectivity index (χ1) is 7.48. The van der Waals surface area contributed by atoms with Crippen molar-refractivity contribution in [2.24, 2.45) is 5.41 Å². The zero-order chi connectivity index (χ0) is 11.8. The van der Waals surface area contributed by atoms with Gasteiger partial charge in [0.25, 0.3) is 0 Å². The van der Waals surface area contributed by atoms with Gasteiger partial charge in [0, 0.05) is 18.7 Å². The van der Waals surface area contributed by atoms with Crippen LogP contribution in [0.15, 0.2) is 22.7 Å². The van der Waals surface area contributed by atoms with Crippen LogP contribution in [0.25, 0.3) is 0 Å². The summed E-state index contributed by atoms with van der Waals surface area (Å²) in [5.41, 5.74) is 1.42. The first-order valence-corrected chi connectivity index (χ1v) is 6.46. The van der Waals surface area contributed by atoms with Crippen molar-refractivity contribution in [1.82, 2.24) is 4.90 Å². The fourth-order valence-electron chi connectivity index (χ4n) is 2.29. The monoisotopic (exact) mass is 283 g/mol. The number of hydrogen-bond acceptors (Lipinski definition) is 2. The van der Waals surface area contributed by atoms with Crippen molar-refractivity contribution in [2.75, 3.05) is 13.1 Å². The molecule has 1 saturated heterocycles. The molecular weight excluding hydrogens is 266 g/mol. The summed E-state index contributed by atoms with van der Waals surface area (Å²) in [6.45, 7) is 7.67. The number of phenolic OH excluding ortho intramolecular Hbond substituents is 1. The number of aromatic hydroxyl groups is 1. The van der Waals surface area contributed by atoms with Crippen molar-refractivity contribution < 1.29 is 5.11 Å². The maximum Gasteiger partial charge on any atom is 0.134 e. The summed E-state index contributed by atoms with van der Waals surface area (Å²) in [6.07, 6.45) is 1.24. The number of nitrogens with zero attached hydrogens (tertiary/aromatic N) is 1. The third-order valence-electron chi connectivity index (χ3n) is 3.22. The first-order valence-electron chi connectivity index (χ1n) is 5.67. The number of hydrogen-bond donors (Lipinski definition) is 1. The Balaban J connectivity index is 2.08. The Bertz CT molecular complexity index is 390. The highest BCUT2D eigenvalue weighted by molar-refractivity contribution is 9.10. The Kier molecular flexibility index (Phi) is 3.27. The Morgan fingerprint density at radius 1 is 1.44 bits per heavy atom. The molecule has 1 aromatic carbocycles. The van der Waals surface area contributed by atoms with Crippen molar-refractivity contribution in [3.63, 3.8) is 0 Å². The summed E-state index contributed by atoms with van der Waals surface area (Å²) < 4.78 is 0.781. The van der Waals surface area contributed by atoms with Crippen LogP contribution < -0.4 is 0 Å². The van der Waals surface area contributed by atoms with Crippen LogP contribution in [0.4, 0.5) is 0 Å². The maximum atomic E-state index is 9.91. The highest BCUT2D eigenvalue weighted by atomic mass is 79.9. The van der Waals surface area contributed by atoms with Gasteiger partial charge in [-0.05, 0) is 40.4 Å². The number of phenols is 1. The molecule has 0 saturated carbocycles. The largest absolute Gasteiger partial charge is 0.506 e. The third-order valence-corrected chi connectivity index (χ3v) is 3.86. The predicted octanol–water partition coefficient (Wildman–Crippen LogP) is 3.39. The number of rotatable bonds is 2. The Labute approximate surface area is 105 Å². The lowest BCUT2D eigenvalue weighted by Crippen LogP contribution is -2.22. The van der Waals surface area contributed by atoms with Gasteiger partial charge in [0.2, 0.25) is 0 Å². The summed E-state index contributed by atoms with van der Waals surface area (Å²) in [7, 11) is 0. The molecule has 1 aliphatic rings. The summed E-state index contributed by atoms with van der Waals surface area (Å²) in [5.74, 6) is 0.382. The fraction of sp³-hybridized carbons (Fsp3) is 0.538. The van der Waals surface area contributed by atoms with Crippen LogP contribution in [0, 0.1) is 5.41 Å².